The second-order valence-corrected chi connectivity index (χ2v) is 6.12. The van der Waals surface area contributed by atoms with Gasteiger partial charge in [0.25, 0.3) is 6.01 Å². The molecule has 0 spiro atoms. The number of rotatable bonds is 2. The largest absolute Gasteiger partial charge is 0.422 e. The van der Waals surface area contributed by atoms with Crippen molar-refractivity contribution in [2.45, 2.75) is 25.7 Å². The van der Waals surface area contributed by atoms with Crippen LogP contribution in [0.4, 0.5) is 6.01 Å². The lowest BCUT2D eigenvalue weighted by Gasteiger charge is -2.32. The molecule has 6 nitrogen and oxygen atoms in total. The van der Waals surface area contributed by atoms with Crippen LogP contribution < -0.4 is 4.90 Å². The van der Waals surface area contributed by atoms with E-state index in [1.165, 1.54) is 0 Å². The molecule has 0 aromatic carbocycles. The summed E-state index contributed by atoms with van der Waals surface area (Å²) >= 11 is 0. The number of nitrogens with zero attached hydrogens (tertiary/aromatic N) is 4. The first-order chi connectivity index (χ1) is 10.8. The minimum atomic E-state index is 0.164. The number of carbonyl (C=O) groups is 1. The molecular weight excluding hydrogens is 280 g/mol. The number of anilines is 1. The lowest BCUT2D eigenvalue weighted by molar-refractivity contribution is -0.135. The fourth-order valence-electron chi connectivity index (χ4n) is 3.41. The summed E-state index contributed by atoms with van der Waals surface area (Å²) in [5, 5.41) is 0. The van der Waals surface area contributed by atoms with Gasteiger partial charge in [0, 0.05) is 38.3 Å². The van der Waals surface area contributed by atoms with Gasteiger partial charge >= 0.3 is 0 Å². The van der Waals surface area contributed by atoms with E-state index in [2.05, 4.69) is 14.9 Å². The molecule has 22 heavy (non-hydrogen) atoms. The van der Waals surface area contributed by atoms with Gasteiger partial charge in [-0.25, -0.2) is 4.98 Å². The highest BCUT2D eigenvalue weighted by Gasteiger charge is 2.31. The standard InChI is InChI=1S/C16H20N4O2/c21-15(19-8-1-2-9-19)12-5-10-20(11-6-12)16-18-14-13(22-16)4-3-7-17-14/h3-4,7,12H,1-2,5-6,8-11H2. The van der Waals surface area contributed by atoms with Gasteiger partial charge in [-0.2, -0.15) is 4.98 Å². The molecule has 2 fully saturated rings. The predicted molar refractivity (Wildman–Crippen MR) is 82.6 cm³/mol. The van der Waals surface area contributed by atoms with Gasteiger partial charge in [0.05, 0.1) is 0 Å². The van der Waals surface area contributed by atoms with Crippen LogP contribution in [0.1, 0.15) is 25.7 Å². The normalized spacial score (nSPS) is 20.0. The van der Waals surface area contributed by atoms with Gasteiger partial charge in [-0.3, -0.25) is 4.79 Å². The molecule has 0 unspecified atom stereocenters. The van der Waals surface area contributed by atoms with Crippen LogP contribution in [-0.2, 0) is 4.79 Å². The second kappa shape index (κ2) is 5.59. The Morgan fingerprint density at radius 3 is 2.68 bits per heavy atom. The molecule has 0 aliphatic carbocycles. The van der Waals surface area contributed by atoms with Crippen molar-refractivity contribution in [2.75, 3.05) is 31.1 Å². The van der Waals surface area contributed by atoms with E-state index in [0.29, 0.717) is 23.2 Å². The lowest BCUT2D eigenvalue weighted by atomic mass is 9.95. The van der Waals surface area contributed by atoms with Gasteiger partial charge in [-0.15, -0.1) is 0 Å². The molecule has 2 aromatic heterocycles. The van der Waals surface area contributed by atoms with Crippen LogP contribution in [0.15, 0.2) is 22.7 Å². The molecule has 0 radical (unpaired) electrons. The van der Waals surface area contributed by atoms with E-state index in [4.69, 9.17) is 4.42 Å². The van der Waals surface area contributed by atoms with Crippen LogP contribution in [0.2, 0.25) is 0 Å². The molecule has 2 saturated heterocycles. The van der Waals surface area contributed by atoms with Crippen molar-refractivity contribution in [3.05, 3.63) is 18.3 Å². The van der Waals surface area contributed by atoms with E-state index in [9.17, 15) is 4.79 Å². The summed E-state index contributed by atoms with van der Waals surface area (Å²) in [7, 11) is 0. The Bertz CT molecular complexity index is 637. The zero-order chi connectivity index (χ0) is 14.9. The Hall–Kier alpha value is -2.11. The van der Waals surface area contributed by atoms with Gasteiger partial charge in [0.1, 0.15) is 0 Å². The highest BCUT2D eigenvalue weighted by Crippen LogP contribution is 2.27. The molecule has 116 valence electrons. The average Bonchev–Trinajstić information content (AvgIpc) is 3.23. The third-order valence-electron chi connectivity index (χ3n) is 4.69. The maximum atomic E-state index is 12.4. The number of hydrogen-bond donors (Lipinski definition) is 0. The maximum absolute atomic E-state index is 12.4. The molecule has 1 amide bonds. The molecule has 0 N–H and O–H groups in total. The molecule has 2 aliphatic rings. The summed E-state index contributed by atoms with van der Waals surface area (Å²) in [4.78, 5) is 25.2. The van der Waals surface area contributed by atoms with Crippen LogP contribution in [0.3, 0.4) is 0 Å². The molecule has 4 rings (SSSR count). The van der Waals surface area contributed by atoms with Crippen molar-refractivity contribution < 1.29 is 9.21 Å². The number of aromatic nitrogens is 2. The zero-order valence-corrected chi connectivity index (χ0v) is 12.6. The maximum Gasteiger partial charge on any atom is 0.299 e. The summed E-state index contributed by atoms with van der Waals surface area (Å²) < 4.78 is 5.76. The number of oxazole rings is 1. The van der Waals surface area contributed by atoms with Crippen molar-refractivity contribution in [3.63, 3.8) is 0 Å². The predicted octanol–water partition coefficient (Wildman–Crippen LogP) is 2.06. The van der Waals surface area contributed by atoms with Crippen LogP contribution in [0.5, 0.6) is 0 Å². The summed E-state index contributed by atoms with van der Waals surface area (Å²) in [6, 6.07) is 4.35. The third-order valence-corrected chi connectivity index (χ3v) is 4.69. The van der Waals surface area contributed by atoms with E-state index in [-0.39, 0.29) is 5.92 Å². The fourth-order valence-corrected chi connectivity index (χ4v) is 3.41. The van der Waals surface area contributed by atoms with E-state index in [1.807, 2.05) is 17.0 Å². The summed E-state index contributed by atoms with van der Waals surface area (Å²) in [5.41, 5.74) is 1.36. The van der Waals surface area contributed by atoms with E-state index >= 15 is 0 Å². The number of pyridine rings is 1. The minimum absolute atomic E-state index is 0.164. The van der Waals surface area contributed by atoms with Crippen LogP contribution in [0.25, 0.3) is 11.2 Å². The van der Waals surface area contributed by atoms with Crippen molar-refractivity contribution >= 4 is 23.2 Å². The molecule has 2 aromatic rings. The van der Waals surface area contributed by atoms with Crippen molar-refractivity contribution in [1.82, 2.24) is 14.9 Å². The SMILES string of the molecule is O=C(C1CCN(c2nc3ncccc3o2)CC1)N1CCCC1. The quantitative estimate of drug-likeness (QED) is 0.849. The molecule has 2 aliphatic heterocycles. The minimum Gasteiger partial charge on any atom is -0.422 e. The number of amides is 1. The van der Waals surface area contributed by atoms with Crippen molar-refractivity contribution in [2.24, 2.45) is 5.92 Å². The third kappa shape index (κ3) is 2.42. The second-order valence-electron chi connectivity index (χ2n) is 6.12. The van der Waals surface area contributed by atoms with Crippen molar-refractivity contribution in [3.8, 4) is 0 Å². The Labute approximate surface area is 129 Å². The monoisotopic (exact) mass is 300 g/mol. The first-order valence-electron chi connectivity index (χ1n) is 8.06. The molecule has 0 bridgehead atoms. The van der Waals surface area contributed by atoms with Crippen LogP contribution >= 0.6 is 0 Å². The van der Waals surface area contributed by atoms with Gasteiger partial charge < -0.3 is 14.2 Å². The van der Waals surface area contributed by atoms with Crippen molar-refractivity contribution in [1.29, 1.82) is 0 Å². The topological polar surface area (TPSA) is 62.5 Å². The van der Waals surface area contributed by atoms with Crippen LogP contribution in [0, 0.1) is 5.92 Å². The Morgan fingerprint density at radius 2 is 1.95 bits per heavy atom. The lowest BCUT2D eigenvalue weighted by Crippen LogP contribution is -2.41. The zero-order valence-electron chi connectivity index (χ0n) is 12.6. The summed E-state index contributed by atoms with van der Waals surface area (Å²) in [5.74, 6) is 0.508. The highest BCUT2D eigenvalue weighted by molar-refractivity contribution is 5.79. The van der Waals surface area contributed by atoms with Gasteiger partial charge in [0.2, 0.25) is 11.6 Å². The highest BCUT2D eigenvalue weighted by atomic mass is 16.4. The number of piperidine rings is 1. The van der Waals surface area contributed by atoms with E-state index in [1.54, 1.807) is 6.20 Å². The molecule has 0 atom stereocenters. The number of hydrogen-bond acceptors (Lipinski definition) is 5. The Morgan fingerprint density at radius 1 is 1.18 bits per heavy atom. The van der Waals surface area contributed by atoms with Crippen LogP contribution in [-0.4, -0.2) is 47.0 Å². The van der Waals surface area contributed by atoms with Gasteiger partial charge in [-0.05, 0) is 37.8 Å². The Kier molecular flexibility index (Phi) is 3.44. The molecule has 4 heterocycles. The number of likely N-dealkylation sites (tertiary alicyclic amines) is 1. The number of fused-ring (bicyclic) bond motifs is 1. The molecule has 0 saturated carbocycles. The first kappa shape index (κ1) is 13.5. The van der Waals surface area contributed by atoms with Gasteiger partial charge in [0.15, 0.2) is 5.58 Å². The van der Waals surface area contributed by atoms with E-state index in [0.717, 1.165) is 51.9 Å². The fraction of sp³-hybridized carbons (Fsp3) is 0.562. The first-order valence-corrected chi connectivity index (χ1v) is 8.06. The summed E-state index contributed by atoms with van der Waals surface area (Å²) in [6.07, 6.45) is 5.78. The number of carbonyl (C=O) groups excluding carboxylic acids is 1. The van der Waals surface area contributed by atoms with Gasteiger partial charge in [-0.1, -0.05) is 0 Å². The molecular formula is C16H20N4O2. The van der Waals surface area contributed by atoms with E-state index < -0.39 is 0 Å². The Balaban J connectivity index is 1.41. The smallest absolute Gasteiger partial charge is 0.299 e. The summed E-state index contributed by atoms with van der Waals surface area (Å²) in [6.45, 7) is 3.51. The average molecular weight is 300 g/mol. The molecule has 6 heteroatoms.